The van der Waals surface area contributed by atoms with Crippen molar-refractivity contribution in [2.75, 3.05) is 10.6 Å². The number of rotatable bonds is 6. The minimum atomic E-state index is -2.72. The second-order valence-electron chi connectivity index (χ2n) is 9.43. The minimum Gasteiger partial charge on any atom is -0.369 e. The van der Waals surface area contributed by atoms with Crippen LogP contribution in [0.4, 0.5) is 35.1 Å². The fourth-order valence-corrected chi connectivity index (χ4v) is 5.28. The number of carbonyl (C=O) groups is 1. The number of nitrogens with zero attached hydrogens (tertiary/aromatic N) is 4. The Morgan fingerprint density at radius 1 is 1.14 bits per heavy atom. The molecule has 8 nitrogen and oxygen atoms in total. The molecular weight excluding hydrogens is 502 g/mol. The summed E-state index contributed by atoms with van der Waals surface area (Å²) in [6.07, 6.45) is 3.50. The number of fused-ring (bicyclic) bond motifs is 1. The smallest absolute Gasteiger partial charge is 0.250 e. The van der Waals surface area contributed by atoms with Crippen LogP contribution in [0.15, 0.2) is 18.3 Å². The zero-order valence-electron chi connectivity index (χ0n) is 19.1. The SMILES string of the molecule is NC(=O)[C@H]1CC[C@H](n2c(Nc3c(F)cc(F)cc3Cl)nc3cnc(N[C@@H]4CCC(F)(F)C4)nc32)CC1. The van der Waals surface area contributed by atoms with Gasteiger partial charge in [-0.3, -0.25) is 9.36 Å². The van der Waals surface area contributed by atoms with Gasteiger partial charge in [0, 0.05) is 36.9 Å². The average Bonchev–Trinajstić information content (AvgIpc) is 3.34. The molecule has 2 aromatic heterocycles. The van der Waals surface area contributed by atoms with Gasteiger partial charge in [0.25, 0.3) is 0 Å². The summed E-state index contributed by atoms with van der Waals surface area (Å²) in [5.41, 5.74) is 6.11. The van der Waals surface area contributed by atoms with Gasteiger partial charge in [-0.05, 0) is 38.2 Å². The molecule has 2 aliphatic rings. The second-order valence-corrected chi connectivity index (χ2v) is 9.83. The first-order valence-corrected chi connectivity index (χ1v) is 12.1. The van der Waals surface area contributed by atoms with E-state index in [4.69, 9.17) is 17.3 Å². The van der Waals surface area contributed by atoms with Gasteiger partial charge in [0.2, 0.25) is 23.7 Å². The van der Waals surface area contributed by atoms with Crippen LogP contribution in [-0.4, -0.2) is 37.4 Å². The van der Waals surface area contributed by atoms with Crippen molar-refractivity contribution in [1.29, 1.82) is 0 Å². The third-order valence-electron chi connectivity index (χ3n) is 6.88. The maximum absolute atomic E-state index is 14.5. The lowest BCUT2D eigenvalue weighted by molar-refractivity contribution is -0.122. The van der Waals surface area contributed by atoms with Crippen LogP contribution in [0.25, 0.3) is 11.2 Å². The van der Waals surface area contributed by atoms with E-state index in [2.05, 4.69) is 25.6 Å². The molecule has 0 radical (unpaired) electrons. The maximum Gasteiger partial charge on any atom is 0.250 e. The topological polar surface area (TPSA) is 111 Å². The summed E-state index contributed by atoms with van der Waals surface area (Å²) in [5.74, 6) is -4.66. The third kappa shape index (κ3) is 4.91. The Kier molecular flexibility index (Phi) is 6.39. The molecule has 0 bridgehead atoms. The molecule has 0 spiro atoms. The zero-order valence-corrected chi connectivity index (χ0v) is 19.8. The van der Waals surface area contributed by atoms with Crippen molar-refractivity contribution < 1.29 is 22.4 Å². The lowest BCUT2D eigenvalue weighted by Gasteiger charge is -2.29. The summed E-state index contributed by atoms with van der Waals surface area (Å²) in [5, 5.41) is 5.67. The first-order valence-electron chi connectivity index (χ1n) is 11.7. The molecule has 0 aliphatic heterocycles. The average molecular weight is 526 g/mol. The van der Waals surface area contributed by atoms with Crippen LogP contribution < -0.4 is 16.4 Å². The van der Waals surface area contributed by atoms with Gasteiger partial charge in [-0.2, -0.15) is 4.98 Å². The largest absolute Gasteiger partial charge is 0.369 e. The van der Waals surface area contributed by atoms with Crippen LogP contribution in [0.2, 0.25) is 5.02 Å². The monoisotopic (exact) mass is 525 g/mol. The summed E-state index contributed by atoms with van der Waals surface area (Å²) in [6.45, 7) is 0. The fraction of sp³-hybridized carbons (Fsp3) is 0.478. The number of nitrogens with two attached hydrogens (primary N) is 1. The summed E-state index contributed by atoms with van der Waals surface area (Å²) in [4.78, 5) is 24.9. The summed E-state index contributed by atoms with van der Waals surface area (Å²) in [6, 6.07) is 1.05. The van der Waals surface area contributed by atoms with Crippen LogP contribution in [0, 0.1) is 17.6 Å². The van der Waals surface area contributed by atoms with E-state index in [9.17, 15) is 22.4 Å². The van der Waals surface area contributed by atoms with E-state index >= 15 is 0 Å². The van der Waals surface area contributed by atoms with Crippen LogP contribution in [0.5, 0.6) is 0 Å². The molecule has 4 N–H and O–H groups in total. The van der Waals surface area contributed by atoms with Crippen LogP contribution in [-0.2, 0) is 4.79 Å². The van der Waals surface area contributed by atoms with Crippen molar-refractivity contribution in [2.45, 2.75) is 63.0 Å². The molecule has 0 unspecified atom stereocenters. The normalized spacial score (nSPS) is 23.6. The highest BCUT2D eigenvalue weighted by Gasteiger charge is 2.39. The maximum atomic E-state index is 14.5. The summed E-state index contributed by atoms with van der Waals surface area (Å²) >= 11 is 6.09. The van der Waals surface area contributed by atoms with Crippen molar-refractivity contribution in [3.05, 3.63) is 35.0 Å². The number of hydrogen-bond acceptors (Lipinski definition) is 6. The number of alkyl halides is 2. The van der Waals surface area contributed by atoms with Crippen molar-refractivity contribution in [3.8, 4) is 0 Å². The number of benzene rings is 1. The molecule has 2 aliphatic carbocycles. The molecule has 0 saturated heterocycles. The van der Waals surface area contributed by atoms with E-state index in [0.29, 0.717) is 49.3 Å². The Balaban J connectivity index is 1.52. The van der Waals surface area contributed by atoms with Crippen molar-refractivity contribution in [3.63, 3.8) is 0 Å². The molecule has 2 heterocycles. The number of amides is 1. The number of imidazole rings is 1. The molecule has 5 rings (SSSR count). The van der Waals surface area contributed by atoms with Crippen molar-refractivity contribution in [2.24, 2.45) is 11.7 Å². The van der Waals surface area contributed by atoms with E-state index in [1.807, 2.05) is 0 Å². The van der Waals surface area contributed by atoms with Gasteiger partial charge in [-0.25, -0.2) is 27.5 Å². The Morgan fingerprint density at radius 3 is 2.53 bits per heavy atom. The number of carbonyl (C=O) groups excluding carboxylic acids is 1. The van der Waals surface area contributed by atoms with Crippen molar-refractivity contribution in [1.82, 2.24) is 19.5 Å². The molecule has 2 saturated carbocycles. The Morgan fingerprint density at radius 2 is 1.89 bits per heavy atom. The second kappa shape index (κ2) is 9.38. The highest BCUT2D eigenvalue weighted by molar-refractivity contribution is 6.33. The number of aromatic nitrogens is 4. The number of halogens is 5. The van der Waals surface area contributed by atoms with Gasteiger partial charge in [0.15, 0.2) is 11.5 Å². The third-order valence-corrected chi connectivity index (χ3v) is 7.18. The van der Waals surface area contributed by atoms with Crippen LogP contribution >= 0.6 is 11.6 Å². The standard InChI is InChI=1S/C23H24ClF4N7O/c24-15-7-12(25)8-16(26)18(15)33-22-32-17-10-30-21(31-13-5-6-23(27,28)9-13)34-20(17)35(22)14-3-1-11(2-4-14)19(29)36/h7-8,10-11,13-14H,1-6,9H2,(H2,29,36)(H,32,33)(H,30,31,34)/t11-,13-,14-/m1/s1. The molecular formula is C23H24ClF4N7O. The quantitative estimate of drug-likeness (QED) is 0.376. The summed E-state index contributed by atoms with van der Waals surface area (Å²) in [7, 11) is 0. The predicted molar refractivity (Wildman–Crippen MR) is 126 cm³/mol. The highest BCUT2D eigenvalue weighted by atomic mass is 35.5. The number of primary amides is 1. The van der Waals surface area contributed by atoms with Gasteiger partial charge in [0.05, 0.1) is 16.9 Å². The molecule has 192 valence electrons. The van der Waals surface area contributed by atoms with E-state index < -0.39 is 23.6 Å². The lowest BCUT2D eigenvalue weighted by Crippen LogP contribution is -2.29. The molecule has 1 atom stereocenters. The van der Waals surface area contributed by atoms with E-state index in [-0.39, 0.29) is 53.3 Å². The lowest BCUT2D eigenvalue weighted by atomic mass is 9.85. The van der Waals surface area contributed by atoms with Crippen LogP contribution in [0.3, 0.4) is 0 Å². The van der Waals surface area contributed by atoms with Crippen molar-refractivity contribution >= 4 is 46.3 Å². The molecule has 1 amide bonds. The van der Waals surface area contributed by atoms with Gasteiger partial charge in [0.1, 0.15) is 11.3 Å². The highest BCUT2D eigenvalue weighted by Crippen LogP contribution is 2.39. The van der Waals surface area contributed by atoms with Gasteiger partial charge in [-0.15, -0.1) is 0 Å². The zero-order chi connectivity index (χ0) is 25.6. The molecule has 1 aromatic carbocycles. The fourth-order valence-electron chi connectivity index (χ4n) is 5.04. The Hall–Kier alpha value is -3.15. The number of hydrogen-bond donors (Lipinski definition) is 3. The van der Waals surface area contributed by atoms with E-state index in [1.165, 1.54) is 6.20 Å². The molecule has 36 heavy (non-hydrogen) atoms. The van der Waals surface area contributed by atoms with Gasteiger partial charge < -0.3 is 16.4 Å². The molecule has 13 heteroatoms. The number of anilines is 3. The van der Waals surface area contributed by atoms with Crippen LogP contribution in [0.1, 0.15) is 51.0 Å². The van der Waals surface area contributed by atoms with Gasteiger partial charge in [-0.1, -0.05) is 11.6 Å². The Labute approximate surface area is 208 Å². The van der Waals surface area contributed by atoms with E-state index in [1.54, 1.807) is 4.57 Å². The summed E-state index contributed by atoms with van der Waals surface area (Å²) < 4.78 is 57.2. The number of nitrogens with one attached hydrogen (secondary N) is 2. The first-order chi connectivity index (χ1) is 17.1. The molecule has 3 aromatic rings. The van der Waals surface area contributed by atoms with E-state index in [0.717, 1.165) is 6.07 Å². The molecule has 2 fully saturated rings. The minimum absolute atomic E-state index is 0.153. The first kappa shape index (κ1) is 24.5. The Bertz CT molecular complexity index is 1290. The van der Waals surface area contributed by atoms with Gasteiger partial charge >= 0.3 is 0 Å². The predicted octanol–water partition coefficient (Wildman–Crippen LogP) is 5.32.